The van der Waals surface area contributed by atoms with Gasteiger partial charge in [-0.2, -0.15) is 0 Å². The maximum absolute atomic E-state index is 13.0. The fourth-order valence-electron chi connectivity index (χ4n) is 3.38. The number of hydrogen-bond acceptors (Lipinski definition) is 13. The lowest BCUT2D eigenvalue weighted by molar-refractivity contribution is -0.221. The topological polar surface area (TPSA) is 161 Å². The molecule has 1 N–H and O–H groups in total. The molecular weight excluding hydrogens is 498 g/mol. The van der Waals surface area contributed by atoms with E-state index in [0.29, 0.717) is 5.16 Å². The van der Waals surface area contributed by atoms with Gasteiger partial charge in [-0.05, 0) is 19.3 Å². The van der Waals surface area contributed by atoms with Crippen molar-refractivity contribution in [2.45, 2.75) is 57.4 Å². The van der Waals surface area contributed by atoms with E-state index in [4.69, 9.17) is 23.7 Å². The van der Waals surface area contributed by atoms with Gasteiger partial charge >= 0.3 is 23.9 Å². The van der Waals surface area contributed by atoms with E-state index in [0.717, 1.165) is 19.9 Å². The van der Waals surface area contributed by atoms with Crippen LogP contribution in [0.15, 0.2) is 16.0 Å². The predicted octanol–water partition coefficient (Wildman–Crippen LogP) is 0.642. The molecule has 0 bridgehead atoms. The van der Waals surface area contributed by atoms with E-state index in [1.165, 1.54) is 36.4 Å². The average Bonchev–Trinajstić information content (AvgIpc) is 2.78. The Balaban J connectivity index is 2.53. The van der Waals surface area contributed by atoms with E-state index in [1.54, 1.807) is 13.2 Å². The molecule has 1 aliphatic rings. The van der Waals surface area contributed by atoms with Crippen molar-refractivity contribution in [3.05, 3.63) is 22.0 Å². The second-order valence-corrected chi connectivity index (χ2v) is 8.28. The summed E-state index contributed by atoms with van der Waals surface area (Å²) in [5.41, 5.74) is -0.480. The Kier molecular flexibility index (Phi) is 10.5. The molecule has 1 saturated heterocycles. The molecule has 198 valence electrons. The Morgan fingerprint density at radius 2 is 1.72 bits per heavy atom. The number of nitrogens with zero attached hydrogens (tertiary/aromatic N) is 2. The van der Waals surface area contributed by atoms with Crippen LogP contribution in [0.1, 0.15) is 33.3 Å². The second kappa shape index (κ2) is 13.1. The van der Waals surface area contributed by atoms with Crippen molar-refractivity contribution in [2.24, 2.45) is 7.05 Å². The van der Waals surface area contributed by atoms with Crippen molar-refractivity contribution in [2.75, 3.05) is 24.8 Å². The van der Waals surface area contributed by atoms with Crippen LogP contribution in [-0.2, 0) is 49.9 Å². The van der Waals surface area contributed by atoms with Crippen LogP contribution in [0.25, 0.3) is 6.08 Å². The Hall–Kier alpha value is -3.39. The number of aromatic nitrogens is 2. The van der Waals surface area contributed by atoms with Crippen molar-refractivity contribution in [1.82, 2.24) is 9.55 Å². The molecule has 0 aliphatic carbocycles. The van der Waals surface area contributed by atoms with E-state index in [9.17, 15) is 24.0 Å². The van der Waals surface area contributed by atoms with Crippen LogP contribution >= 0.6 is 11.8 Å². The number of anilines is 1. The molecule has 36 heavy (non-hydrogen) atoms. The zero-order chi connectivity index (χ0) is 27.0. The van der Waals surface area contributed by atoms with E-state index < -0.39 is 54.0 Å². The van der Waals surface area contributed by atoms with Crippen molar-refractivity contribution in [1.29, 1.82) is 0 Å². The predicted molar refractivity (Wildman–Crippen MR) is 127 cm³/mol. The molecule has 0 aromatic carbocycles. The van der Waals surface area contributed by atoms with Crippen molar-refractivity contribution < 1.29 is 42.9 Å². The first-order valence-corrected chi connectivity index (χ1v) is 12.1. The van der Waals surface area contributed by atoms with Gasteiger partial charge in [-0.25, -0.2) is 9.78 Å². The lowest BCUT2D eigenvalue weighted by Gasteiger charge is -2.40. The van der Waals surface area contributed by atoms with Crippen molar-refractivity contribution >= 4 is 47.5 Å². The van der Waals surface area contributed by atoms with Gasteiger partial charge in [-0.15, -0.1) is 0 Å². The maximum Gasteiger partial charge on any atom is 0.330 e. The fraction of sp³-hybridized carbons (Fsp3) is 0.545. The molecule has 0 unspecified atom stereocenters. The van der Waals surface area contributed by atoms with Crippen LogP contribution in [0.2, 0.25) is 0 Å². The van der Waals surface area contributed by atoms with Crippen LogP contribution in [0.5, 0.6) is 0 Å². The smallest absolute Gasteiger partial charge is 0.330 e. The van der Waals surface area contributed by atoms with E-state index >= 15 is 0 Å². The van der Waals surface area contributed by atoms with Gasteiger partial charge < -0.3 is 29.0 Å². The second-order valence-electron chi connectivity index (χ2n) is 7.50. The number of rotatable bonds is 9. The van der Waals surface area contributed by atoms with Crippen LogP contribution in [0.4, 0.5) is 5.82 Å². The third-order valence-electron chi connectivity index (χ3n) is 4.77. The number of esters is 4. The highest BCUT2D eigenvalue weighted by molar-refractivity contribution is 7.98. The van der Waals surface area contributed by atoms with Gasteiger partial charge in [0.1, 0.15) is 5.82 Å². The first kappa shape index (κ1) is 28.8. The van der Waals surface area contributed by atoms with Crippen LogP contribution < -0.4 is 10.9 Å². The Bertz CT molecular complexity index is 1090. The van der Waals surface area contributed by atoms with Gasteiger partial charge in [0.2, 0.25) is 0 Å². The molecule has 13 nitrogen and oxygen atoms in total. The van der Waals surface area contributed by atoms with E-state index in [1.807, 2.05) is 0 Å². The molecule has 1 aromatic rings. The largest absolute Gasteiger partial charge is 0.463 e. The number of hydrogen-bond donors (Lipinski definition) is 1. The van der Waals surface area contributed by atoms with Gasteiger partial charge in [-0.3, -0.25) is 23.7 Å². The summed E-state index contributed by atoms with van der Waals surface area (Å²) in [5.74, 6) is -2.73. The van der Waals surface area contributed by atoms with E-state index in [-0.39, 0.29) is 24.6 Å². The molecule has 1 aliphatic heterocycles. The highest BCUT2D eigenvalue weighted by atomic mass is 32.2. The molecule has 0 spiro atoms. The minimum absolute atomic E-state index is 0.000302. The molecule has 0 amide bonds. The summed E-state index contributed by atoms with van der Waals surface area (Å²) in [4.78, 5) is 64.6. The highest BCUT2D eigenvalue weighted by Gasteiger charge is 2.47. The van der Waals surface area contributed by atoms with Gasteiger partial charge in [-0.1, -0.05) is 11.8 Å². The third-order valence-corrected chi connectivity index (χ3v) is 5.50. The minimum atomic E-state index is -1.28. The molecule has 1 fully saturated rings. The summed E-state index contributed by atoms with van der Waals surface area (Å²) in [7, 11) is 1.52. The quantitative estimate of drug-likeness (QED) is 0.157. The monoisotopic (exact) mass is 527 g/mol. The first-order chi connectivity index (χ1) is 17.0. The Labute approximate surface area is 211 Å². The van der Waals surface area contributed by atoms with Crippen LogP contribution in [0, 0.1) is 0 Å². The summed E-state index contributed by atoms with van der Waals surface area (Å²) < 4.78 is 27.8. The van der Waals surface area contributed by atoms with E-state index in [2.05, 4.69) is 10.3 Å². The van der Waals surface area contributed by atoms with Gasteiger partial charge in [0.25, 0.3) is 5.56 Å². The average molecular weight is 528 g/mol. The van der Waals surface area contributed by atoms with Gasteiger partial charge in [0.05, 0.1) is 18.8 Å². The normalized spacial score (nSPS) is 21.5. The molecule has 0 saturated carbocycles. The third kappa shape index (κ3) is 7.55. The first-order valence-electron chi connectivity index (χ1n) is 10.9. The lowest BCUT2D eigenvalue weighted by Crippen LogP contribution is -2.59. The summed E-state index contributed by atoms with van der Waals surface area (Å²) in [6.45, 7) is 5.04. The number of ether oxygens (including phenoxy) is 5. The minimum Gasteiger partial charge on any atom is -0.463 e. The molecule has 1 aromatic heterocycles. The zero-order valence-electron chi connectivity index (χ0n) is 20.8. The number of carbonyl (C=O) groups is 4. The molecule has 4 atom stereocenters. The number of nitrogens with one attached hydrogen (secondary N) is 1. The maximum atomic E-state index is 13.0. The standard InChI is InChI=1S/C22H29N3O10S/c1-7-31-16(29)9-8-14-19(24-22(36-6)25(5)21(14)30)23-20-18(35-13(4)28)17(34-12(3)27)15(10-32-20)33-11(2)26/h8-9,15,17-18,20,23H,7,10H2,1-6H3/b9-8+/t15-,17+,18-,20-/m1/s1. The molecule has 14 heteroatoms. The molecule has 2 rings (SSSR count). The van der Waals surface area contributed by atoms with Crippen molar-refractivity contribution in [3.63, 3.8) is 0 Å². The number of carbonyl (C=O) groups excluding carboxylic acids is 4. The van der Waals surface area contributed by atoms with Gasteiger partial charge in [0, 0.05) is 33.9 Å². The summed E-state index contributed by atoms with van der Waals surface area (Å²) in [5, 5.41) is 3.25. The lowest BCUT2D eigenvalue weighted by atomic mass is 10.0. The zero-order valence-corrected chi connectivity index (χ0v) is 21.6. The fourth-order valence-corrected chi connectivity index (χ4v) is 3.92. The SMILES string of the molecule is CCOC(=O)/C=C/c1c(N[C@@H]2OC[C@@H](OC(C)=O)[C@H](OC(C)=O)[C@H]2OC(C)=O)nc(SC)n(C)c1=O. The Morgan fingerprint density at radius 1 is 1.11 bits per heavy atom. The summed E-state index contributed by atoms with van der Waals surface area (Å²) >= 11 is 1.20. The molecule has 2 heterocycles. The number of thioether (sulfide) groups is 1. The van der Waals surface area contributed by atoms with Crippen LogP contribution in [0.3, 0.4) is 0 Å². The van der Waals surface area contributed by atoms with Gasteiger partial charge in [0.15, 0.2) is 29.7 Å². The molecule has 0 radical (unpaired) electrons. The Morgan fingerprint density at radius 3 is 2.28 bits per heavy atom. The molecular formula is C22H29N3O10S. The van der Waals surface area contributed by atoms with Crippen LogP contribution in [-0.4, -0.2) is 77.4 Å². The highest BCUT2D eigenvalue weighted by Crippen LogP contribution is 2.27. The summed E-state index contributed by atoms with van der Waals surface area (Å²) in [6.07, 6.45) is -0.686. The van der Waals surface area contributed by atoms with Crippen molar-refractivity contribution in [3.8, 4) is 0 Å². The summed E-state index contributed by atoms with van der Waals surface area (Å²) in [6, 6.07) is 0.